The lowest BCUT2D eigenvalue weighted by molar-refractivity contribution is 0.157. The minimum absolute atomic E-state index is 0.257. The van der Waals surface area contributed by atoms with E-state index < -0.39 is 0 Å². The van der Waals surface area contributed by atoms with Crippen molar-refractivity contribution in [2.45, 2.75) is 39.5 Å². The first-order valence-corrected chi connectivity index (χ1v) is 5.95. The van der Waals surface area contributed by atoms with Crippen molar-refractivity contribution in [3.05, 3.63) is 0 Å². The van der Waals surface area contributed by atoms with E-state index in [1.54, 1.807) is 0 Å². The summed E-state index contributed by atoms with van der Waals surface area (Å²) in [6, 6.07) is 0. The summed E-state index contributed by atoms with van der Waals surface area (Å²) >= 11 is 0. The van der Waals surface area contributed by atoms with Gasteiger partial charge in [-0.3, -0.25) is 4.99 Å². The second-order valence-electron chi connectivity index (χ2n) is 6.68. The van der Waals surface area contributed by atoms with Gasteiger partial charge >= 0.3 is 0 Å². The Morgan fingerprint density at radius 2 is 1.73 bits per heavy atom. The van der Waals surface area contributed by atoms with Gasteiger partial charge in [0, 0.05) is 6.54 Å². The van der Waals surface area contributed by atoms with Crippen molar-refractivity contribution in [3.63, 3.8) is 0 Å². The third-order valence-corrected chi connectivity index (χ3v) is 5.78. The zero-order chi connectivity index (χ0) is 10.9. The zero-order valence-electron chi connectivity index (χ0n) is 9.71. The number of aliphatic imine (C=N–C) groups is 1. The maximum absolute atomic E-state index is 5.45. The third-order valence-electron chi connectivity index (χ3n) is 5.78. The van der Waals surface area contributed by atoms with E-state index in [0.29, 0.717) is 16.2 Å². The van der Waals surface area contributed by atoms with Gasteiger partial charge in [-0.2, -0.15) is 0 Å². The van der Waals surface area contributed by atoms with Gasteiger partial charge in [0.05, 0.1) is 0 Å². The molecule has 0 saturated heterocycles. The molecular weight excluding hydrogens is 186 g/mol. The van der Waals surface area contributed by atoms with Gasteiger partial charge in [0.1, 0.15) is 0 Å². The minimum atomic E-state index is 0.257. The molecule has 4 aliphatic carbocycles. The highest BCUT2D eigenvalue weighted by Crippen LogP contribution is 2.81. The molecule has 3 nitrogen and oxygen atoms in total. The molecule has 0 aromatic carbocycles. The van der Waals surface area contributed by atoms with Gasteiger partial charge in [0.2, 0.25) is 0 Å². The van der Waals surface area contributed by atoms with Crippen molar-refractivity contribution in [1.29, 1.82) is 0 Å². The Morgan fingerprint density at radius 1 is 1.20 bits per heavy atom. The second-order valence-corrected chi connectivity index (χ2v) is 6.68. The molecule has 4 rings (SSSR count). The van der Waals surface area contributed by atoms with E-state index in [9.17, 15) is 0 Å². The number of hydrogen-bond acceptors (Lipinski definition) is 1. The van der Waals surface area contributed by atoms with E-state index in [4.69, 9.17) is 11.5 Å². The van der Waals surface area contributed by atoms with Crippen LogP contribution in [0.5, 0.6) is 0 Å². The highest BCUT2D eigenvalue weighted by Gasteiger charge is 2.73. The SMILES string of the molecule is CC12CC3CC1(C)CC3(CN=C(N)N)C2. The van der Waals surface area contributed by atoms with Crippen LogP contribution < -0.4 is 11.5 Å². The molecule has 3 heteroatoms. The number of nitrogens with two attached hydrogens (primary N) is 2. The Bertz CT molecular complexity index is 325. The van der Waals surface area contributed by atoms with Gasteiger partial charge in [-0.15, -0.1) is 0 Å². The lowest BCUT2D eigenvalue weighted by atomic mass is 9.71. The van der Waals surface area contributed by atoms with Gasteiger partial charge in [-0.1, -0.05) is 13.8 Å². The molecule has 2 unspecified atom stereocenters. The standard InChI is InChI=1S/C12H21N3/c1-10-3-8-4-11(10,2)6-12(8,5-10)7-15-9(13)14/h8H,3-7H2,1-2H3,(H4,13,14,15). The van der Waals surface area contributed by atoms with E-state index in [-0.39, 0.29) is 5.96 Å². The van der Waals surface area contributed by atoms with E-state index in [0.717, 1.165) is 12.5 Å². The van der Waals surface area contributed by atoms with Crippen LogP contribution in [0, 0.1) is 22.2 Å². The molecule has 4 saturated carbocycles. The van der Waals surface area contributed by atoms with Crippen LogP contribution in [0.1, 0.15) is 39.5 Å². The fourth-order valence-electron chi connectivity index (χ4n) is 5.05. The van der Waals surface area contributed by atoms with Crippen LogP contribution in [0.2, 0.25) is 0 Å². The van der Waals surface area contributed by atoms with Crippen molar-refractivity contribution in [2.75, 3.05) is 6.54 Å². The van der Waals surface area contributed by atoms with Crippen LogP contribution in [-0.4, -0.2) is 12.5 Å². The smallest absolute Gasteiger partial charge is 0.185 e. The molecule has 15 heavy (non-hydrogen) atoms. The highest BCUT2D eigenvalue weighted by atomic mass is 15.0. The third kappa shape index (κ3) is 0.943. The molecule has 4 N–H and O–H groups in total. The van der Waals surface area contributed by atoms with Crippen LogP contribution in [0.3, 0.4) is 0 Å². The van der Waals surface area contributed by atoms with Gasteiger partial charge in [-0.05, 0) is 47.8 Å². The molecule has 0 spiro atoms. The van der Waals surface area contributed by atoms with Crippen LogP contribution in [0.15, 0.2) is 4.99 Å². The minimum Gasteiger partial charge on any atom is -0.370 e. The van der Waals surface area contributed by atoms with Gasteiger partial charge in [0.25, 0.3) is 0 Å². The molecule has 4 fully saturated rings. The first kappa shape index (κ1) is 9.49. The highest BCUT2D eigenvalue weighted by molar-refractivity contribution is 5.75. The lowest BCUT2D eigenvalue weighted by Gasteiger charge is -2.34. The molecule has 0 radical (unpaired) electrons. The second kappa shape index (κ2) is 2.33. The maximum atomic E-state index is 5.45. The molecular formula is C12H21N3. The van der Waals surface area contributed by atoms with E-state index in [1.807, 2.05) is 0 Å². The van der Waals surface area contributed by atoms with Crippen LogP contribution in [0.25, 0.3) is 0 Å². The fourth-order valence-corrected chi connectivity index (χ4v) is 5.05. The molecule has 2 atom stereocenters. The maximum Gasteiger partial charge on any atom is 0.185 e. The molecule has 0 aliphatic heterocycles. The predicted molar refractivity (Wildman–Crippen MR) is 61.3 cm³/mol. The Labute approximate surface area is 91.3 Å². The first-order valence-electron chi connectivity index (χ1n) is 5.95. The van der Waals surface area contributed by atoms with Crippen LogP contribution in [-0.2, 0) is 0 Å². The molecule has 0 amide bonds. The summed E-state index contributed by atoms with van der Waals surface area (Å²) < 4.78 is 0. The molecule has 0 aromatic rings. The monoisotopic (exact) mass is 207 g/mol. The molecule has 84 valence electrons. The van der Waals surface area contributed by atoms with Gasteiger partial charge < -0.3 is 11.5 Å². The van der Waals surface area contributed by atoms with E-state index in [2.05, 4.69) is 18.8 Å². The first-order chi connectivity index (χ1) is 6.89. The average Bonchev–Trinajstić information content (AvgIpc) is 2.64. The van der Waals surface area contributed by atoms with Crippen molar-refractivity contribution < 1.29 is 0 Å². The molecule has 0 aromatic heterocycles. The van der Waals surface area contributed by atoms with Gasteiger partial charge in [-0.25, -0.2) is 0 Å². The summed E-state index contributed by atoms with van der Waals surface area (Å²) in [6.07, 6.45) is 5.50. The molecule has 4 aliphatic rings. The van der Waals surface area contributed by atoms with Crippen molar-refractivity contribution >= 4 is 5.96 Å². The number of nitrogens with zero attached hydrogens (tertiary/aromatic N) is 1. The lowest BCUT2D eigenvalue weighted by Crippen LogP contribution is -2.28. The van der Waals surface area contributed by atoms with E-state index in [1.165, 1.54) is 25.7 Å². The topological polar surface area (TPSA) is 64.4 Å². The summed E-state index contributed by atoms with van der Waals surface area (Å²) in [4.78, 5) is 4.29. The summed E-state index contributed by atoms with van der Waals surface area (Å²) in [5.41, 5.74) is 12.5. The zero-order valence-corrected chi connectivity index (χ0v) is 9.71. The fraction of sp³-hybridized carbons (Fsp3) is 0.917. The largest absolute Gasteiger partial charge is 0.370 e. The summed E-state index contributed by atoms with van der Waals surface area (Å²) in [7, 11) is 0. The Balaban J connectivity index is 1.90. The molecule has 4 bridgehead atoms. The van der Waals surface area contributed by atoms with Crippen molar-refractivity contribution in [3.8, 4) is 0 Å². The normalized spacial score (nSPS) is 55.2. The quantitative estimate of drug-likeness (QED) is 0.532. The van der Waals surface area contributed by atoms with Crippen molar-refractivity contribution in [2.24, 2.45) is 38.6 Å². The van der Waals surface area contributed by atoms with Crippen molar-refractivity contribution in [1.82, 2.24) is 0 Å². The Kier molecular flexibility index (Phi) is 1.48. The number of rotatable bonds is 2. The average molecular weight is 207 g/mol. The molecule has 0 heterocycles. The summed E-state index contributed by atoms with van der Waals surface area (Å²) in [5.74, 6) is 1.14. The van der Waals surface area contributed by atoms with Crippen LogP contribution >= 0.6 is 0 Å². The van der Waals surface area contributed by atoms with Crippen LogP contribution in [0.4, 0.5) is 0 Å². The predicted octanol–water partition coefficient (Wildman–Crippen LogP) is 1.48. The Hall–Kier alpha value is -0.730. The summed E-state index contributed by atoms with van der Waals surface area (Å²) in [5, 5.41) is 0. The van der Waals surface area contributed by atoms with Gasteiger partial charge in [0.15, 0.2) is 5.96 Å². The Morgan fingerprint density at radius 3 is 2.07 bits per heavy atom. The number of hydrogen-bond donors (Lipinski definition) is 2. The number of guanidine groups is 1. The summed E-state index contributed by atoms with van der Waals surface area (Å²) in [6.45, 7) is 5.81. The van der Waals surface area contributed by atoms with E-state index >= 15 is 0 Å².